The van der Waals surface area contributed by atoms with Gasteiger partial charge in [-0.1, -0.05) is 12.1 Å². The molecular weight excluding hydrogens is 268 g/mol. The lowest BCUT2D eigenvalue weighted by Gasteiger charge is -2.27. The van der Waals surface area contributed by atoms with Gasteiger partial charge in [0.1, 0.15) is 17.9 Å². The van der Waals surface area contributed by atoms with Gasteiger partial charge in [0.05, 0.1) is 0 Å². The normalized spacial score (nSPS) is 21.0. The Labute approximate surface area is 126 Å². The van der Waals surface area contributed by atoms with E-state index in [1.807, 2.05) is 0 Å². The summed E-state index contributed by atoms with van der Waals surface area (Å²) in [6.07, 6.45) is 1.16. The fraction of sp³-hybridized carbons (Fsp3) is 0.562. The molecule has 1 aromatic rings. The average molecular weight is 292 g/mol. The lowest BCUT2D eigenvalue weighted by Crippen LogP contribution is -2.40. The molecule has 1 atom stereocenters. The highest BCUT2D eigenvalue weighted by molar-refractivity contribution is 5.90. The van der Waals surface area contributed by atoms with Gasteiger partial charge in [0, 0.05) is 19.1 Å². The van der Waals surface area contributed by atoms with Gasteiger partial charge in [0.25, 0.3) is 0 Å². The summed E-state index contributed by atoms with van der Waals surface area (Å²) < 4.78 is 5.68. The van der Waals surface area contributed by atoms with Crippen molar-refractivity contribution in [2.24, 2.45) is 0 Å². The Hall–Kier alpha value is -1.59. The van der Waals surface area contributed by atoms with Gasteiger partial charge in [0.15, 0.2) is 0 Å². The molecule has 21 heavy (non-hydrogen) atoms. The van der Waals surface area contributed by atoms with Gasteiger partial charge in [0.2, 0.25) is 0 Å². The molecule has 1 N–H and O–H groups in total. The first-order valence-electron chi connectivity index (χ1n) is 7.45. The van der Waals surface area contributed by atoms with Gasteiger partial charge in [-0.2, -0.15) is 0 Å². The van der Waals surface area contributed by atoms with Crippen LogP contribution in [-0.4, -0.2) is 66.8 Å². The van der Waals surface area contributed by atoms with Crippen molar-refractivity contribution >= 4 is 5.97 Å². The smallest absolute Gasteiger partial charge is 0.339 e. The first-order chi connectivity index (χ1) is 10.1. The molecule has 116 valence electrons. The first-order valence-corrected chi connectivity index (χ1v) is 7.45. The number of hydrogen-bond acceptors (Lipinski definition) is 4. The summed E-state index contributed by atoms with van der Waals surface area (Å²) in [5.41, 5.74) is 0.223. The third-order valence-electron chi connectivity index (χ3n) is 3.94. The van der Waals surface area contributed by atoms with Gasteiger partial charge in [-0.15, -0.1) is 0 Å². The molecule has 0 aromatic heterocycles. The molecule has 1 aliphatic heterocycles. The summed E-state index contributed by atoms with van der Waals surface area (Å²) in [4.78, 5) is 15.9. The van der Waals surface area contributed by atoms with E-state index in [0.717, 1.165) is 32.6 Å². The highest BCUT2D eigenvalue weighted by atomic mass is 16.5. The summed E-state index contributed by atoms with van der Waals surface area (Å²) in [5.74, 6) is -0.500. The van der Waals surface area contributed by atoms with Crippen molar-refractivity contribution in [2.45, 2.75) is 19.4 Å². The molecule has 1 aliphatic rings. The fourth-order valence-electron chi connectivity index (χ4n) is 2.80. The van der Waals surface area contributed by atoms with Crippen LogP contribution >= 0.6 is 0 Å². The molecule has 0 radical (unpaired) electrons. The van der Waals surface area contributed by atoms with E-state index in [9.17, 15) is 4.79 Å². The Morgan fingerprint density at radius 3 is 2.90 bits per heavy atom. The number of carboxylic acids is 1. The van der Waals surface area contributed by atoms with Crippen LogP contribution in [0.1, 0.15) is 23.7 Å². The molecule has 0 bridgehead atoms. The summed E-state index contributed by atoms with van der Waals surface area (Å²) >= 11 is 0. The number of rotatable bonds is 5. The van der Waals surface area contributed by atoms with Crippen LogP contribution in [0.15, 0.2) is 24.3 Å². The van der Waals surface area contributed by atoms with E-state index in [1.165, 1.54) is 0 Å². The van der Waals surface area contributed by atoms with Crippen LogP contribution in [0.4, 0.5) is 0 Å². The van der Waals surface area contributed by atoms with Crippen molar-refractivity contribution < 1.29 is 14.6 Å². The zero-order valence-electron chi connectivity index (χ0n) is 12.8. The van der Waals surface area contributed by atoms with E-state index in [4.69, 9.17) is 9.84 Å². The van der Waals surface area contributed by atoms with E-state index < -0.39 is 5.97 Å². The van der Waals surface area contributed by atoms with Gasteiger partial charge >= 0.3 is 5.97 Å². The van der Waals surface area contributed by atoms with Crippen molar-refractivity contribution in [3.63, 3.8) is 0 Å². The minimum atomic E-state index is -0.949. The standard InChI is InChI=1S/C16H24N2O3/c1-13-12-17(2)8-5-9-18(13)10-11-21-15-7-4-3-6-14(15)16(19)20/h3-4,6-7,13H,5,8-12H2,1-2H3,(H,19,20). The number of carbonyl (C=O) groups is 1. The number of carboxylic acid groups (broad SMARTS) is 1. The first kappa shape index (κ1) is 15.8. The molecule has 1 unspecified atom stereocenters. The number of ether oxygens (including phenoxy) is 1. The minimum Gasteiger partial charge on any atom is -0.491 e. The molecule has 1 heterocycles. The van der Waals surface area contributed by atoms with Gasteiger partial charge in [-0.25, -0.2) is 4.79 Å². The number of nitrogens with zero attached hydrogens (tertiary/aromatic N) is 2. The van der Waals surface area contributed by atoms with Crippen LogP contribution in [0.2, 0.25) is 0 Å². The third kappa shape index (κ3) is 4.44. The van der Waals surface area contributed by atoms with Gasteiger partial charge in [-0.3, -0.25) is 4.90 Å². The van der Waals surface area contributed by atoms with E-state index in [1.54, 1.807) is 24.3 Å². The second-order valence-corrected chi connectivity index (χ2v) is 5.65. The van der Waals surface area contributed by atoms with Crippen molar-refractivity contribution in [1.82, 2.24) is 9.80 Å². The largest absolute Gasteiger partial charge is 0.491 e. The second kappa shape index (κ2) is 7.43. The van der Waals surface area contributed by atoms with Crippen LogP contribution in [-0.2, 0) is 0 Å². The molecule has 0 saturated carbocycles. The zero-order chi connectivity index (χ0) is 15.2. The van der Waals surface area contributed by atoms with Crippen LogP contribution < -0.4 is 4.74 Å². The van der Waals surface area contributed by atoms with E-state index >= 15 is 0 Å². The lowest BCUT2D eigenvalue weighted by atomic mass is 10.2. The van der Waals surface area contributed by atoms with E-state index in [-0.39, 0.29) is 5.56 Å². The lowest BCUT2D eigenvalue weighted by molar-refractivity contribution is 0.0691. The summed E-state index contributed by atoms with van der Waals surface area (Å²) in [5, 5.41) is 9.13. The van der Waals surface area contributed by atoms with E-state index in [0.29, 0.717) is 18.4 Å². The van der Waals surface area contributed by atoms with Gasteiger partial charge in [-0.05, 0) is 45.6 Å². The highest BCUT2D eigenvalue weighted by Crippen LogP contribution is 2.18. The molecule has 5 nitrogen and oxygen atoms in total. The Morgan fingerprint density at radius 2 is 2.14 bits per heavy atom. The zero-order valence-corrected chi connectivity index (χ0v) is 12.8. The third-order valence-corrected chi connectivity index (χ3v) is 3.94. The molecular formula is C16H24N2O3. The maximum Gasteiger partial charge on any atom is 0.339 e. The average Bonchev–Trinajstić information content (AvgIpc) is 2.60. The number of benzene rings is 1. The summed E-state index contributed by atoms with van der Waals surface area (Å²) in [7, 11) is 2.15. The molecule has 1 fully saturated rings. The molecule has 1 saturated heterocycles. The monoisotopic (exact) mass is 292 g/mol. The molecule has 0 spiro atoms. The number of likely N-dealkylation sites (N-methyl/N-ethyl adjacent to an activating group) is 1. The van der Waals surface area contributed by atoms with Crippen molar-refractivity contribution in [3.8, 4) is 5.75 Å². The topological polar surface area (TPSA) is 53.0 Å². The molecule has 1 aromatic carbocycles. The molecule has 2 rings (SSSR count). The molecule has 0 aliphatic carbocycles. The quantitative estimate of drug-likeness (QED) is 0.896. The summed E-state index contributed by atoms with van der Waals surface area (Å²) in [6.45, 7) is 6.82. The molecule has 0 amide bonds. The predicted molar refractivity (Wildman–Crippen MR) is 82.0 cm³/mol. The van der Waals surface area contributed by atoms with E-state index in [2.05, 4.69) is 23.8 Å². The van der Waals surface area contributed by atoms with Crippen molar-refractivity contribution in [1.29, 1.82) is 0 Å². The predicted octanol–water partition coefficient (Wildman–Crippen LogP) is 1.79. The van der Waals surface area contributed by atoms with Crippen LogP contribution in [0.5, 0.6) is 5.75 Å². The number of aromatic carboxylic acids is 1. The Morgan fingerprint density at radius 1 is 1.38 bits per heavy atom. The number of hydrogen-bond donors (Lipinski definition) is 1. The summed E-state index contributed by atoms with van der Waals surface area (Å²) in [6, 6.07) is 7.29. The Bertz CT molecular complexity index is 478. The minimum absolute atomic E-state index is 0.223. The Kier molecular flexibility index (Phi) is 5.59. The maximum absolute atomic E-state index is 11.1. The number of para-hydroxylation sites is 1. The van der Waals surface area contributed by atoms with Crippen molar-refractivity contribution in [3.05, 3.63) is 29.8 Å². The van der Waals surface area contributed by atoms with Crippen LogP contribution in [0.3, 0.4) is 0 Å². The van der Waals surface area contributed by atoms with Crippen LogP contribution in [0.25, 0.3) is 0 Å². The fourth-order valence-corrected chi connectivity index (χ4v) is 2.80. The maximum atomic E-state index is 11.1. The SMILES string of the molecule is CC1CN(C)CCCN1CCOc1ccccc1C(=O)O. The van der Waals surface area contributed by atoms with Crippen LogP contribution in [0, 0.1) is 0 Å². The molecule has 5 heteroatoms. The second-order valence-electron chi connectivity index (χ2n) is 5.65. The van der Waals surface area contributed by atoms with Crippen molar-refractivity contribution in [2.75, 3.05) is 39.8 Å². The Balaban J connectivity index is 1.88. The highest BCUT2D eigenvalue weighted by Gasteiger charge is 2.19. The van der Waals surface area contributed by atoms with Gasteiger partial charge < -0.3 is 14.7 Å².